The number of para-hydroxylation sites is 1. The Morgan fingerprint density at radius 1 is 1.16 bits per heavy atom. The molecule has 19 heavy (non-hydrogen) atoms. The van der Waals surface area contributed by atoms with Crippen molar-refractivity contribution in [2.75, 3.05) is 11.9 Å². The van der Waals surface area contributed by atoms with E-state index in [0.29, 0.717) is 13.0 Å². The van der Waals surface area contributed by atoms with E-state index in [1.807, 2.05) is 30.3 Å². The van der Waals surface area contributed by atoms with Crippen molar-refractivity contribution in [3.63, 3.8) is 0 Å². The highest BCUT2D eigenvalue weighted by molar-refractivity contribution is 5.42. The summed E-state index contributed by atoms with van der Waals surface area (Å²) >= 11 is 0. The predicted molar refractivity (Wildman–Crippen MR) is 62.7 cm³/mol. The van der Waals surface area contributed by atoms with Crippen LogP contribution in [-0.4, -0.2) is 22.9 Å². The Labute approximate surface area is 107 Å². The van der Waals surface area contributed by atoms with Crippen molar-refractivity contribution in [3.05, 3.63) is 42.0 Å². The molecule has 2 aromatic rings. The summed E-state index contributed by atoms with van der Waals surface area (Å²) in [4.78, 5) is 3.69. The smallest absolute Gasteiger partial charge is 0.385 e. The molecule has 0 bridgehead atoms. The fraction of sp³-hybridized carbons (Fsp3) is 0.333. The van der Waals surface area contributed by atoms with E-state index < -0.39 is 12.6 Å². The molecule has 2 rings (SSSR count). The van der Waals surface area contributed by atoms with E-state index in [0.717, 1.165) is 5.69 Å². The molecule has 4 nitrogen and oxygen atoms in total. The second-order valence-corrected chi connectivity index (χ2v) is 3.94. The number of rotatable bonds is 5. The van der Waals surface area contributed by atoms with Gasteiger partial charge < -0.3 is 9.84 Å². The number of hydrogen-bond donors (Lipinski definition) is 1. The van der Waals surface area contributed by atoms with Gasteiger partial charge in [0.2, 0.25) is 5.89 Å². The highest BCUT2D eigenvalue weighted by atomic mass is 19.4. The molecule has 0 saturated carbocycles. The third-order valence-corrected chi connectivity index (χ3v) is 2.31. The number of halogens is 3. The third-order valence-electron chi connectivity index (χ3n) is 2.31. The van der Waals surface area contributed by atoms with Crippen molar-refractivity contribution in [2.45, 2.75) is 19.0 Å². The molecule has 1 heterocycles. The lowest BCUT2D eigenvalue weighted by Gasteiger charge is -2.03. The zero-order valence-corrected chi connectivity index (χ0v) is 9.94. The predicted octanol–water partition coefficient (Wildman–Crippen LogP) is 2.83. The molecule has 7 heteroatoms. The van der Waals surface area contributed by atoms with Crippen molar-refractivity contribution in [1.82, 2.24) is 10.1 Å². The molecule has 0 spiro atoms. The Kier molecular flexibility index (Phi) is 4.03. The van der Waals surface area contributed by atoms with Gasteiger partial charge in [-0.3, -0.25) is 0 Å². The molecule has 1 aromatic carbocycles. The number of nitrogens with one attached hydrogen (secondary N) is 1. The zero-order chi connectivity index (χ0) is 13.7. The van der Waals surface area contributed by atoms with Crippen LogP contribution in [0.2, 0.25) is 0 Å². The minimum Gasteiger partial charge on any atom is -0.385 e. The van der Waals surface area contributed by atoms with Crippen LogP contribution in [0, 0.1) is 0 Å². The first-order valence-electron chi connectivity index (χ1n) is 5.70. The average Bonchev–Trinajstić information content (AvgIpc) is 2.76. The summed E-state index contributed by atoms with van der Waals surface area (Å²) in [7, 11) is 0. The van der Waals surface area contributed by atoms with Gasteiger partial charge in [0.05, 0.1) is 0 Å². The van der Waals surface area contributed by atoms with Crippen LogP contribution in [0.1, 0.15) is 11.7 Å². The van der Waals surface area contributed by atoms with Crippen LogP contribution in [0.4, 0.5) is 18.9 Å². The number of aromatic nitrogens is 2. The van der Waals surface area contributed by atoms with Gasteiger partial charge in [0.25, 0.3) is 0 Å². The Bertz CT molecular complexity index is 510. The first-order chi connectivity index (χ1) is 9.03. The molecule has 0 aliphatic heterocycles. The summed E-state index contributed by atoms with van der Waals surface area (Å²) in [5.41, 5.74) is 0.928. The first-order valence-corrected chi connectivity index (χ1v) is 5.70. The molecule has 1 aromatic heterocycles. The summed E-state index contributed by atoms with van der Waals surface area (Å²) in [6, 6.07) is 9.45. The zero-order valence-electron chi connectivity index (χ0n) is 9.94. The van der Waals surface area contributed by atoms with Crippen LogP contribution in [0.5, 0.6) is 0 Å². The monoisotopic (exact) mass is 271 g/mol. The van der Waals surface area contributed by atoms with Gasteiger partial charge in [-0.15, -0.1) is 0 Å². The molecule has 0 unspecified atom stereocenters. The Morgan fingerprint density at radius 2 is 1.89 bits per heavy atom. The minimum atomic E-state index is -4.32. The van der Waals surface area contributed by atoms with Crippen LogP contribution in [0.15, 0.2) is 34.9 Å². The summed E-state index contributed by atoms with van der Waals surface area (Å²) in [6.45, 7) is 0.512. The van der Waals surface area contributed by atoms with Crippen molar-refractivity contribution in [2.24, 2.45) is 0 Å². The largest absolute Gasteiger partial charge is 0.396 e. The van der Waals surface area contributed by atoms with E-state index in [-0.39, 0.29) is 11.7 Å². The van der Waals surface area contributed by atoms with Gasteiger partial charge in [0.15, 0.2) is 5.82 Å². The SMILES string of the molecule is FC(F)(F)Cc1noc(CCNc2ccccc2)n1. The molecule has 0 saturated heterocycles. The molecule has 102 valence electrons. The number of benzene rings is 1. The molecule has 0 aliphatic rings. The van der Waals surface area contributed by atoms with Gasteiger partial charge in [-0.25, -0.2) is 0 Å². The molecule has 0 aliphatic carbocycles. The molecule has 1 N–H and O–H groups in total. The van der Waals surface area contributed by atoms with Crippen LogP contribution in [-0.2, 0) is 12.8 Å². The van der Waals surface area contributed by atoms with E-state index in [9.17, 15) is 13.2 Å². The van der Waals surface area contributed by atoms with Gasteiger partial charge in [-0.2, -0.15) is 18.2 Å². The van der Waals surface area contributed by atoms with E-state index in [1.165, 1.54) is 0 Å². The first kappa shape index (κ1) is 13.4. The molecule has 0 amide bonds. The second-order valence-electron chi connectivity index (χ2n) is 3.94. The van der Waals surface area contributed by atoms with Crippen molar-refractivity contribution in [3.8, 4) is 0 Å². The maximum atomic E-state index is 12.1. The van der Waals surface area contributed by atoms with Gasteiger partial charge in [0.1, 0.15) is 6.42 Å². The molecular weight excluding hydrogens is 259 g/mol. The van der Waals surface area contributed by atoms with Crippen molar-refractivity contribution in [1.29, 1.82) is 0 Å². The van der Waals surface area contributed by atoms with Crippen LogP contribution < -0.4 is 5.32 Å². The van der Waals surface area contributed by atoms with Crippen molar-refractivity contribution < 1.29 is 17.7 Å². The van der Waals surface area contributed by atoms with Gasteiger partial charge in [0, 0.05) is 18.7 Å². The number of hydrogen-bond acceptors (Lipinski definition) is 4. The van der Waals surface area contributed by atoms with Gasteiger partial charge in [-0.05, 0) is 12.1 Å². The van der Waals surface area contributed by atoms with Gasteiger partial charge in [-0.1, -0.05) is 23.4 Å². The van der Waals surface area contributed by atoms with Gasteiger partial charge >= 0.3 is 6.18 Å². The topological polar surface area (TPSA) is 51.0 Å². The standard InChI is InChI=1S/C12H12F3N3O/c13-12(14,15)8-10-17-11(19-18-10)6-7-16-9-4-2-1-3-5-9/h1-5,16H,6-8H2. The van der Waals surface area contributed by atoms with Crippen LogP contribution >= 0.6 is 0 Å². The second kappa shape index (κ2) is 5.73. The third kappa shape index (κ3) is 4.61. The lowest BCUT2D eigenvalue weighted by atomic mass is 10.3. The van der Waals surface area contributed by atoms with Crippen LogP contribution in [0.3, 0.4) is 0 Å². The summed E-state index contributed by atoms with van der Waals surface area (Å²) in [5, 5.41) is 6.39. The molecule has 0 fully saturated rings. The van der Waals surface area contributed by atoms with E-state index in [2.05, 4.69) is 15.5 Å². The Hall–Kier alpha value is -2.05. The number of alkyl halides is 3. The Morgan fingerprint density at radius 3 is 2.58 bits per heavy atom. The molecular formula is C12H12F3N3O. The fourth-order valence-corrected chi connectivity index (χ4v) is 1.51. The highest BCUT2D eigenvalue weighted by Gasteiger charge is 2.30. The summed E-state index contributed by atoms with van der Waals surface area (Å²) in [6.07, 6.45) is -5.11. The van der Waals surface area contributed by atoms with E-state index in [4.69, 9.17) is 4.52 Å². The average molecular weight is 271 g/mol. The minimum absolute atomic E-state index is 0.197. The molecule has 0 radical (unpaired) electrons. The molecule has 0 atom stereocenters. The van der Waals surface area contributed by atoms with Crippen LogP contribution in [0.25, 0.3) is 0 Å². The maximum Gasteiger partial charge on any atom is 0.396 e. The van der Waals surface area contributed by atoms with Crippen molar-refractivity contribution >= 4 is 5.69 Å². The van der Waals surface area contributed by atoms with E-state index in [1.54, 1.807) is 0 Å². The normalized spacial score (nSPS) is 11.5. The summed E-state index contributed by atoms with van der Waals surface area (Å²) in [5.74, 6) is -0.134. The summed E-state index contributed by atoms with van der Waals surface area (Å²) < 4.78 is 41.0. The Balaban J connectivity index is 1.81. The number of nitrogens with zero attached hydrogens (tertiary/aromatic N) is 2. The lowest BCUT2D eigenvalue weighted by Crippen LogP contribution is -2.12. The highest BCUT2D eigenvalue weighted by Crippen LogP contribution is 2.19. The quantitative estimate of drug-likeness (QED) is 0.908. The fourth-order valence-electron chi connectivity index (χ4n) is 1.51. The lowest BCUT2D eigenvalue weighted by molar-refractivity contribution is -0.128. The number of anilines is 1. The maximum absolute atomic E-state index is 12.1. The van der Waals surface area contributed by atoms with E-state index >= 15 is 0 Å².